The number of nitrogens with zero attached hydrogens (tertiary/aromatic N) is 1. The summed E-state index contributed by atoms with van der Waals surface area (Å²) in [6.07, 6.45) is 3.25. The summed E-state index contributed by atoms with van der Waals surface area (Å²) in [5.41, 5.74) is 0.408. The summed E-state index contributed by atoms with van der Waals surface area (Å²) in [5, 5.41) is 12.6. The van der Waals surface area contributed by atoms with Gasteiger partial charge in [-0.3, -0.25) is 4.79 Å². The topological polar surface area (TPSA) is 78.9 Å². The lowest BCUT2D eigenvalue weighted by Crippen LogP contribution is -2.45. The average Bonchev–Trinajstić information content (AvgIpc) is 3.18. The maximum Gasteiger partial charge on any atom is 0.317 e. The van der Waals surface area contributed by atoms with Crippen molar-refractivity contribution in [3.05, 3.63) is 35.9 Å². The molecule has 6 nitrogen and oxygen atoms in total. The molecule has 1 saturated heterocycles. The van der Waals surface area contributed by atoms with E-state index in [1.165, 1.54) is 0 Å². The molecule has 1 heterocycles. The lowest BCUT2D eigenvalue weighted by atomic mass is 9.81. The van der Waals surface area contributed by atoms with E-state index >= 15 is 0 Å². The molecule has 1 aromatic carbocycles. The van der Waals surface area contributed by atoms with Crippen molar-refractivity contribution in [3.8, 4) is 0 Å². The molecule has 1 unspecified atom stereocenters. The monoisotopic (exact) mass is 360 g/mol. The van der Waals surface area contributed by atoms with Crippen LogP contribution in [-0.2, 0) is 16.1 Å². The molecule has 0 bridgehead atoms. The Kier molecular flexibility index (Phi) is 5.81. The molecule has 26 heavy (non-hydrogen) atoms. The Morgan fingerprint density at radius 2 is 2.15 bits per heavy atom. The molecule has 0 aromatic heterocycles. The number of nitrogens with one attached hydrogen (secondary N) is 1. The average molecular weight is 360 g/mol. The highest BCUT2D eigenvalue weighted by Gasteiger charge is 2.55. The molecule has 0 radical (unpaired) electrons. The molecular weight excluding hydrogens is 332 g/mol. The Bertz CT molecular complexity index is 636. The van der Waals surface area contributed by atoms with Crippen LogP contribution in [0.4, 0.5) is 4.79 Å². The number of aliphatic carboxylic acids is 1. The second-order valence-corrected chi connectivity index (χ2v) is 7.61. The number of likely N-dealkylation sites (tertiary alicyclic amines) is 1. The van der Waals surface area contributed by atoms with E-state index in [0.29, 0.717) is 32.7 Å². The van der Waals surface area contributed by atoms with Gasteiger partial charge in [0.2, 0.25) is 0 Å². The summed E-state index contributed by atoms with van der Waals surface area (Å²) in [6.45, 7) is 3.97. The highest BCUT2D eigenvalue weighted by molar-refractivity contribution is 5.80. The van der Waals surface area contributed by atoms with Crippen molar-refractivity contribution >= 4 is 12.0 Å². The van der Waals surface area contributed by atoms with E-state index in [0.717, 1.165) is 24.8 Å². The van der Waals surface area contributed by atoms with E-state index in [-0.39, 0.29) is 18.0 Å². The first-order valence-corrected chi connectivity index (χ1v) is 9.42. The van der Waals surface area contributed by atoms with Crippen LogP contribution in [0.1, 0.15) is 38.2 Å². The maximum atomic E-state index is 12.5. The van der Waals surface area contributed by atoms with Crippen LogP contribution in [0.15, 0.2) is 30.3 Å². The molecule has 0 spiro atoms. The smallest absolute Gasteiger partial charge is 0.317 e. The molecule has 1 aromatic rings. The van der Waals surface area contributed by atoms with Crippen molar-refractivity contribution in [2.75, 3.05) is 19.7 Å². The minimum absolute atomic E-state index is 0.0144. The predicted molar refractivity (Wildman–Crippen MR) is 97.7 cm³/mol. The number of carbonyl (C=O) groups is 2. The number of carboxylic acid groups (broad SMARTS) is 1. The number of amides is 2. The first-order chi connectivity index (χ1) is 12.5. The fourth-order valence-corrected chi connectivity index (χ4v) is 4.19. The van der Waals surface area contributed by atoms with Gasteiger partial charge in [-0.1, -0.05) is 36.8 Å². The third-order valence-electron chi connectivity index (χ3n) is 5.76. The molecule has 3 atom stereocenters. The summed E-state index contributed by atoms with van der Waals surface area (Å²) >= 11 is 0. The van der Waals surface area contributed by atoms with Crippen LogP contribution in [0, 0.1) is 11.3 Å². The molecule has 142 valence electrons. The largest absolute Gasteiger partial charge is 0.481 e. The predicted octanol–water partition coefficient (Wildman–Crippen LogP) is 2.88. The van der Waals surface area contributed by atoms with Crippen LogP contribution >= 0.6 is 0 Å². The third kappa shape index (κ3) is 4.01. The normalized spacial score (nSPS) is 25.7. The number of ether oxygens (including phenoxy) is 1. The number of hydrogen-bond donors (Lipinski definition) is 2. The Morgan fingerprint density at radius 1 is 1.38 bits per heavy atom. The van der Waals surface area contributed by atoms with E-state index in [1.807, 2.05) is 37.3 Å². The van der Waals surface area contributed by atoms with E-state index in [4.69, 9.17) is 4.74 Å². The lowest BCUT2D eigenvalue weighted by Gasteiger charge is -2.24. The summed E-state index contributed by atoms with van der Waals surface area (Å²) in [5.74, 6) is -0.659. The Hall–Kier alpha value is -2.08. The summed E-state index contributed by atoms with van der Waals surface area (Å²) in [4.78, 5) is 25.9. The molecule has 1 saturated carbocycles. The standard InChI is InChI=1S/C20H28N2O4/c1-15(9-11-26-13-16-6-3-2-4-7-16)21-19(25)22-12-17-8-5-10-20(17,14-22)18(23)24/h2-4,6-7,15,17H,5,8-14H2,1H3,(H,21,25)(H,23,24)/t15?,17-,20+/m0/s1. The number of carbonyl (C=O) groups excluding carboxylic acids is 1. The summed E-state index contributed by atoms with van der Waals surface area (Å²) in [6, 6.07) is 9.81. The van der Waals surface area contributed by atoms with Gasteiger partial charge in [0, 0.05) is 25.7 Å². The van der Waals surface area contributed by atoms with Crippen molar-refractivity contribution in [1.29, 1.82) is 0 Å². The van der Waals surface area contributed by atoms with Gasteiger partial charge in [-0.15, -0.1) is 0 Å². The van der Waals surface area contributed by atoms with Gasteiger partial charge in [0.05, 0.1) is 12.0 Å². The second-order valence-electron chi connectivity index (χ2n) is 7.61. The molecule has 2 amide bonds. The molecule has 2 aliphatic rings. The zero-order chi connectivity index (χ0) is 18.6. The van der Waals surface area contributed by atoms with Crippen molar-refractivity contribution in [1.82, 2.24) is 10.2 Å². The summed E-state index contributed by atoms with van der Waals surface area (Å²) < 4.78 is 5.66. The van der Waals surface area contributed by atoms with Crippen molar-refractivity contribution in [3.63, 3.8) is 0 Å². The van der Waals surface area contributed by atoms with E-state index in [9.17, 15) is 14.7 Å². The van der Waals surface area contributed by atoms with Gasteiger partial charge in [0.15, 0.2) is 0 Å². The Balaban J connectivity index is 1.40. The van der Waals surface area contributed by atoms with Crippen LogP contribution in [0.5, 0.6) is 0 Å². The first-order valence-electron chi connectivity index (χ1n) is 9.42. The molecular formula is C20H28N2O4. The number of carboxylic acids is 1. The third-order valence-corrected chi connectivity index (χ3v) is 5.76. The van der Waals surface area contributed by atoms with Gasteiger partial charge >= 0.3 is 12.0 Å². The van der Waals surface area contributed by atoms with E-state index in [1.54, 1.807) is 4.90 Å². The molecule has 6 heteroatoms. The zero-order valence-corrected chi connectivity index (χ0v) is 15.3. The van der Waals surface area contributed by atoms with Gasteiger partial charge in [-0.05, 0) is 37.7 Å². The van der Waals surface area contributed by atoms with Crippen molar-refractivity contribution in [2.45, 2.75) is 45.3 Å². The number of fused-ring (bicyclic) bond motifs is 1. The molecule has 3 rings (SSSR count). The van der Waals surface area contributed by atoms with Gasteiger partial charge < -0.3 is 20.1 Å². The molecule has 2 N–H and O–H groups in total. The van der Waals surface area contributed by atoms with Gasteiger partial charge in [0.1, 0.15) is 0 Å². The van der Waals surface area contributed by atoms with Gasteiger partial charge in [-0.2, -0.15) is 0 Å². The SMILES string of the molecule is CC(CCOCc1ccccc1)NC(=O)N1C[C@@H]2CCC[C@@]2(C(=O)O)C1. The van der Waals surface area contributed by atoms with E-state index in [2.05, 4.69) is 5.32 Å². The zero-order valence-electron chi connectivity index (χ0n) is 15.3. The van der Waals surface area contributed by atoms with Crippen LogP contribution in [0.3, 0.4) is 0 Å². The summed E-state index contributed by atoms with van der Waals surface area (Å²) in [7, 11) is 0. The number of benzene rings is 1. The fourth-order valence-electron chi connectivity index (χ4n) is 4.19. The quantitative estimate of drug-likeness (QED) is 0.733. The van der Waals surface area contributed by atoms with Crippen LogP contribution in [0.2, 0.25) is 0 Å². The van der Waals surface area contributed by atoms with Crippen LogP contribution in [-0.4, -0.2) is 47.7 Å². The maximum absolute atomic E-state index is 12.5. The minimum Gasteiger partial charge on any atom is -0.481 e. The minimum atomic E-state index is -0.752. The molecule has 1 aliphatic carbocycles. The number of hydrogen-bond acceptors (Lipinski definition) is 3. The van der Waals surface area contributed by atoms with Crippen LogP contribution in [0.25, 0.3) is 0 Å². The number of rotatable bonds is 7. The van der Waals surface area contributed by atoms with Gasteiger partial charge in [0.25, 0.3) is 0 Å². The molecule has 1 aliphatic heterocycles. The van der Waals surface area contributed by atoms with Crippen molar-refractivity contribution < 1.29 is 19.4 Å². The Morgan fingerprint density at radius 3 is 2.85 bits per heavy atom. The van der Waals surface area contributed by atoms with Crippen LogP contribution < -0.4 is 5.32 Å². The Labute approximate surface area is 154 Å². The van der Waals surface area contributed by atoms with Gasteiger partial charge in [-0.25, -0.2) is 4.79 Å². The first kappa shape index (κ1) is 18.7. The molecule has 2 fully saturated rings. The highest BCUT2D eigenvalue weighted by atomic mass is 16.5. The van der Waals surface area contributed by atoms with E-state index < -0.39 is 11.4 Å². The lowest BCUT2D eigenvalue weighted by molar-refractivity contribution is -0.149. The van der Waals surface area contributed by atoms with Crippen molar-refractivity contribution in [2.24, 2.45) is 11.3 Å². The second kappa shape index (κ2) is 8.08. The highest BCUT2D eigenvalue weighted by Crippen LogP contribution is 2.48. The fraction of sp³-hybridized carbons (Fsp3) is 0.600. The number of urea groups is 1.